The lowest BCUT2D eigenvalue weighted by Crippen LogP contribution is -2.43. The lowest BCUT2D eigenvalue weighted by atomic mass is 9.85. The summed E-state index contributed by atoms with van der Waals surface area (Å²) in [6, 6.07) is -0.327. The Labute approximate surface area is 117 Å². The first-order valence-electron chi connectivity index (χ1n) is 7.64. The van der Waals surface area contributed by atoms with Crippen LogP contribution in [-0.4, -0.2) is 38.4 Å². The summed E-state index contributed by atoms with van der Waals surface area (Å²) in [6.45, 7) is 5.56. The number of rotatable bonds is 8. The summed E-state index contributed by atoms with van der Waals surface area (Å²) in [4.78, 5) is 11.6. The summed E-state index contributed by atoms with van der Waals surface area (Å²) in [5.74, 6) is 0.565. The molecule has 0 radical (unpaired) electrons. The van der Waals surface area contributed by atoms with E-state index in [0.717, 1.165) is 31.7 Å². The van der Waals surface area contributed by atoms with Crippen LogP contribution in [0.4, 0.5) is 0 Å². The van der Waals surface area contributed by atoms with Crippen LogP contribution in [0, 0.1) is 5.92 Å². The zero-order valence-electron chi connectivity index (χ0n) is 12.6. The van der Waals surface area contributed by atoms with Crippen molar-refractivity contribution < 1.29 is 14.3 Å². The highest BCUT2D eigenvalue weighted by Crippen LogP contribution is 2.28. The van der Waals surface area contributed by atoms with Gasteiger partial charge in [0, 0.05) is 0 Å². The second-order valence-electron chi connectivity index (χ2n) is 5.43. The molecule has 4 nitrogen and oxygen atoms in total. The van der Waals surface area contributed by atoms with Crippen molar-refractivity contribution in [2.75, 3.05) is 20.3 Å². The number of nitrogens with one attached hydrogen (secondary N) is 1. The average molecular weight is 271 g/mol. The van der Waals surface area contributed by atoms with Crippen molar-refractivity contribution in [1.82, 2.24) is 5.32 Å². The van der Waals surface area contributed by atoms with Gasteiger partial charge in [-0.1, -0.05) is 33.1 Å². The van der Waals surface area contributed by atoms with Crippen molar-refractivity contribution in [3.8, 4) is 0 Å². The van der Waals surface area contributed by atoms with Gasteiger partial charge in [0.05, 0.1) is 19.8 Å². The van der Waals surface area contributed by atoms with Crippen LogP contribution in [0.15, 0.2) is 0 Å². The predicted molar refractivity (Wildman–Crippen MR) is 76.1 cm³/mol. The topological polar surface area (TPSA) is 47.6 Å². The van der Waals surface area contributed by atoms with Gasteiger partial charge >= 0.3 is 5.97 Å². The van der Waals surface area contributed by atoms with Crippen LogP contribution in [-0.2, 0) is 14.3 Å². The Kier molecular flexibility index (Phi) is 8.07. The number of methoxy groups -OCH3 is 1. The maximum atomic E-state index is 11.6. The van der Waals surface area contributed by atoms with Crippen molar-refractivity contribution in [2.24, 2.45) is 5.92 Å². The Hall–Kier alpha value is -0.610. The molecule has 1 aliphatic rings. The van der Waals surface area contributed by atoms with Gasteiger partial charge in [-0.3, -0.25) is 4.79 Å². The SMILES string of the molecule is CCCNC(COC1CCCC(CC)C1)C(=O)OC. The van der Waals surface area contributed by atoms with Gasteiger partial charge in [0.2, 0.25) is 0 Å². The maximum Gasteiger partial charge on any atom is 0.325 e. The minimum atomic E-state index is -0.327. The third-order valence-electron chi connectivity index (χ3n) is 3.94. The largest absolute Gasteiger partial charge is 0.468 e. The van der Waals surface area contributed by atoms with E-state index >= 15 is 0 Å². The number of esters is 1. The molecule has 3 atom stereocenters. The Morgan fingerprint density at radius 2 is 2.16 bits per heavy atom. The highest BCUT2D eigenvalue weighted by atomic mass is 16.5. The van der Waals surface area contributed by atoms with Crippen LogP contribution < -0.4 is 5.32 Å². The van der Waals surface area contributed by atoms with Crippen LogP contribution in [0.2, 0.25) is 0 Å². The molecular formula is C15H29NO3. The van der Waals surface area contributed by atoms with E-state index in [2.05, 4.69) is 19.2 Å². The maximum absolute atomic E-state index is 11.6. The number of carbonyl (C=O) groups excluding carboxylic acids is 1. The zero-order chi connectivity index (χ0) is 14.1. The highest BCUT2D eigenvalue weighted by molar-refractivity contribution is 5.75. The fourth-order valence-electron chi connectivity index (χ4n) is 2.67. The van der Waals surface area contributed by atoms with E-state index in [4.69, 9.17) is 9.47 Å². The molecule has 19 heavy (non-hydrogen) atoms. The first-order valence-corrected chi connectivity index (χ1v) is 7.64. The smallest absolute Gasteiger partial charge is 0.325 e. The van der Waals surface area contributed by atoms with Crippen molar-refractivity contribution in [3.63, 3.8) is 0 Å². The third-order valence-corrected chi connectivity index (χ3v) is 3.94. The van der Waals surface area contributed by atoms with Crippen molar-refractivity contribution in [3.05, 3.63) is 0 Å². The van der Waals surface area contributed by atoms with E-state index in [0.29, 0.717) is 12.7 Å². The predicted octanol–water partition coefficient (Wildman–Crippen LogP) is 2.51. The van der Waals surface area contributed by atoms with Crippen LogP contribution in [0.5, 0.6) is 0 Å². The number of carbonyl (C=O) groups is 1. The van der Waals surface area contributed by atoms with E-state index in [1.807, 2.05) is 0 Å². The molecule has 0 aromatic rings. The molecular weight excluding hydrogens is 242 g/mol. The Morgan fingerprint density at radius 3 is 2.79 bits per heavy atom. The molecule has 112 valence electrons. The fraction of sp³-hybridized carbons (Fsp3) is 0.933. The minimum absolute atomic E-state index is 0.226. The summed E-state index contributed by atoms with van der Waals surface area (Å²) in [7, 11) is 1.43. The number of hydrogen-bond acceptors (Lipinski definition) is 4. The molecule has 1 N–H and O–H groups in total. The summed E-state index contributed by atoms with van der Waals surface area (Å²) in [6.07, 6.45) is 7.37. The van der Waals surface area contributed by atoms with Gasteiger partial charge in [0.15, 0.2) is 0 Å². The first kappa shape index (κ1) is 16.4. The summed E-state index contributed by atoms with van der Waals surface area (Å²) >= 11 is 0. The quantitative estimate of drug-likeness (QED) is 0.689. The van der Waals surface area contributed by atoms with Crippen molar-refractivity contribution >= 4 is 5.97 Å². The molecule has 1 aliphatic carbocycles. The molecule has 4 heteroatoms. The second-order valence-corrected chi connectivity index (χ2v) is 5.43. The molecule has 1 saturated carbocycles. The van der Waals surface area contributed by atoms with Gasteiger partial charge in [0.1, 0.15) is 6.04 Å². The molecule has 3 unspecified atom stereocenters. The van der Waals surface area contributed by atoms with Gasteiger partial charge in [-0.25, -0.2) is 0 Å². The second kappa shape index (κ2) is 9.32. The summed E-state index contributed by atoms with van der Waals surface area (Å²) < 4.78 is 10.7. The minimum Gasteiger partial charge on any atom is -0.468 e. The fourth-order valence-corrected chi connectivity index (χ4v) is 2.67. The monoisotopic (exact) mass is 271 g/mol. The lowest BCUT2D eigenvalue weighted by Gasteiger charge is -2.29. The van der Waals surface area contributed by atoms with Crippen molar-refractivity contribution in [1.29, 1.82) is 0 Å². The standard InChI is InChI=1S/C15H29NO3/c1-4-9-16-14(15(17)18-3)11-19-13-8-6-7-12(5-2)10-13/h12-14,16H,4-11H2,1-3H3. The van der Waals surface area contributed by atoms with Crippen LogP contribution in [0.1, 0.15) is 52.4 Å². The van der Waals surface area contributed by atoms with E-state index < -0.39 is 0 Å². The van der Waals surface area contributed by atoms with E-state index in [-0.39, 0.29) is 12.0 Å². The number of hydrogen-bond donors (Lipinski definition) is 1. The van der Waals surface area contributed by atoms with Crippen LogP contribution in [0.3, 0.4) is 0 Å². The lowest BCUT2D eigenvalue weighted by molar-refractivity contribution is -0.145. The Morgan fingerprint density at radius 1 is 1.37 bits per heavy atom. The summed E-state index contributed by atoms with van der Waals surface area (Å²) in [5, 5.41) is 3.19. The zero-order valence-corrected chi connectivity index (χ0v) is 12.6. The molecule has 0 bridgehead atoms. The molecule has 0 heterocycles. The van der Waals surface area contributed by atoms with E-state index in [9.17, 15) is 4.79 Å². The van der Waals surface area contributed by atoms with Gasteiger partial charge in [-0.2, -0.15) is 0 Å². The molecule has 0 amide bonds. The average Bonchev–Trinajstić information content (AvgIpc) is 2.46. The first-order chi connectivity index (χ1) is 9.21. The Balaban J connectivity index is 2.35. The van der Waals surface area contributed by atoms with Crippen LogP contribution >= 0.6 is 0 Å². The molecule has 0 aliphatic heterocycles. The van der Waals surface area contributed by atoms with E-state index in [1.165, 1.54) is 26.4 Å². The molecule has 0 aromatic carbocycles. The highest BCUT2D eigenvalue weighted by Gasteiger charge is 2.24. The molecule has 1 fully saturated rings. The van der Waals surface area contributed by atoms with Crippen LogP contribution in [0.25, 0.3) is 0 Å². The van der Waals surface area contributed by atoms with Crippen molar-refractivity contribution in [2.45, 2.75) is 64.5 Å². The summed E-state index contributed by atoms with van der Waals surface area (Å²) in [5.41, 5.74) is 0. The number of ether oxygens (including phenoxy) is 2. The molecule has 0 saturated heterocycles. The van der Waals surface area contributed by atoms with Gasteiger partial charge in [-0.15, -0.1) is 0 Å². The molecule has 1 rings (SSSR count). The Bertz CT molecular complexity index is 258. The molecule has 0 spiro atoms. The third kappa shape index (κ3) is 5.91. The van der Waals surface area contributed by atoms with E-state index in [1.54, 1.807) is 0 Å². The van der Waals surface area contributed by atoms with Gasteiger partial charge in [-0.05, 0) is 31.7 Å². The van der Waals surface area contributed by atoms with Gasteiger partial charge < -0.3 is 14.8 Å². The molecule has 0 aromatic heterocycles. The normalized spacial score (nSPS) is 25.0. The van der Waals surface area contributed by atoms with Gasteiger partial charge in [0.25, 0.3) is 0 Å².